The number of hydrogen-bond donors (Lipinski definition) is 2. The molecule has 0 aromatic heterocycles. The molecule has 3 N–H and O–H groups in total. The Morgan fingerprint density at radius 2 is 1.83 bits per heavy atom. The molecule has 8 heteroatoms. The summed E-state index contributed by atoms with van der Waals surface area (Å²) in [5, 5.41) is 0. The standard InChI is InChI=1S/C15H21N3O3S.ClH/c16-12-2-1-9-18(10-12)15(19)11-3-7-14(8-4-11)22(20,21)17-13-5-6-13;/h3-4,7-8,12-13,17H,1-2,5-6,9-10,16H2;1H. The third-order valence-corrected chi connectivity index (χ3v) is 5.59. The number of nitrogens with two attached hydrogens (primary N) is 1. The first-order valence-electron chi connectivity index (χ1n) is 7.63. The van der Waals surface area contributed by atoms with Crippen LogP contribution in [0.25, 0.3) is 0 Å². The Kier molecular flexibility index (Phi) is 5.67. The van der Waals surface area contributed by atoms with Crippen molar-refractivity contribution in [3.63, 3.8) is 0 Å². The maximum atomic E-state index is 12.4. The molecule has 0 spiro atoms. The zero-order valence-corrected chi connectivity index (χ0v) is 14.4. The Morgan fingerprint density at radius 3 is 2.39 bits per heavy atom. The van der Waals surface area contributed by atoms with Crippen LogP contribution in [0.4, 0.5) is 0 Å². The van der Waals surface area contributed by atoms with E-state index >= 15 is 0 Å². The molecule has 1 saturated heterocycles. The minimum Gasteiger partial charge on any atom is -0.337 e. The van der Waals surface area contributed by atoms with Gasteiger partial charge in [0.15, 0.2) is 0 Å². The van der Waals surface area contributed by atoms with E-state index in [4.69, 9.17) is 5.73 Å². The van der Waals surface area contributed by atoms with E-state index in [0.717, 1.165) is 25.7 Å². The fourth-order valence-corrected chi connectivity index (χ4v) is 3.95. The summed E-state index contributed by atoms with van der Waals surface area (Å²) >= 11 is 0. The SMILES string of the molecule is Cl.NC1CCCN(C(=O)c2ccc(S(=O)(=O)NC3CC3)cc2)C1. The van der Waals surface area contributed by atoms with Gasteiger partial charge in [-0.1, -0.05) is 0 Å². The van der Waals surface area contributed by atoms with Gasteiger partial charge in [-0.3, -0.25) is 4.79 Å². The molecule has 3 rings (SSSR count). The predicted octanol–water partition coefficient (Wildman–Crippen LogP) is 1.11. The van der Waals surface area contributed by atoms with Gasteiger partial charge < -0.3 is 10.6 Å². The van der Waals surface area contributed by atoms with Crippen LogP contribution in [0.15, 0.2) is 29.2 Å². The van der Waals surface area contributed by atoms with Gasteiger partial charge in [-0.2, -0.15) is 0 Å². The van der Waals surface area contributed by atoms with Crippen LogP contribution < -0.4 is 10.5 Å². The Hall–Kier alpha value is -1.15. The number of nitrogens with one attached hydrogen (secondary N) is 1. The lowest BCUT2D eigenvalue weighted by atomic mass is 10.1. The minimum absolute atomic E-state index is 0. The van der Waals surface area contributed by atoms with Crippen LogP contribution in [0.5, 0.6) is 0 Å². The Labute approximate surface area is 142 Å². The van der Waals surface area contributed by atoms with E-state index in [0.29, 0.717) is 18.7 Å². The highest BCUT2D eigenvalue weighted by Crippen LogP contribution is 2.22. The van der Waals surface area contributed by atoms with Gasteiger partial charge in [0, 0.05) is 30.7 Å². The molecule has 1 aliphatic carbocycles. The number of nitrogens with zero attached hydrogens (tertiary/aromatic N) is 1. The lowest BCUT2D eigenvalue weighted by Crippen LogP contribution is -2.45. The van der Waals surface area contributed by atoms with E-state index in [2.05, 4.69) is 4.72 Å². The third-order valence-electron chi connectivity index (χ3n) is 4.06. The van der Waals surface area contributed by atoms with Crippen molar-refractivity contribution in [1.29, 1.82) is 0 Å². The second-order valence-electron chi connectivity index (χ2n) is 6.07. The summed E-state index contributed by atoms with van der Waals surface area (Å²) in [7, 11) is -3.47. The summed E-state index contributed by atoms with van der Waals surface area (Å²) in [5.74, 6) is -0.0887. The summed E-state index contributed by atoms with van der Waals surface area (Å²) in [4.78, 5) is 14.3. The molecule has 1 unspecified atom stereocenters. The van der Waals surface area contributed by atoms with Gasteiger partial charge >= 0.3 is 0 Å². The molecule has 128 valence electrons. The fraction of sp³-hybridized carbons (Fsp3) is 0.533. The summed E-state index contributed by atoms with van der Waals surface area (Å²) in [6.07, 6.45) is 3.63. The van der Waals surface area contributed by atoms with E-state index in [-0.39, 0.29) is 35.3 Å². The van der Waals surface area contributed by atoms with Crippen LogP contribution in [0, 0.1) is 0 Å². The summed E-state index contributed by atoms with van der Waals surface area (Å²) in [5.41, 5.74) is 6.39. The molecule has 2 fully saturated rings. The number of rotatable bonds is 4. The molecule has 2 aliphatic rings. The molecule has 0 radical (unpaired) electrons. The quantitative estimate of drug-likeness (QED) is 0.842. The van der Waals surface area contributed by atoms with Crippen molar-refractivity contribution in [3.05, 3.63) is 29.8 Å². The summed E-state index contributed by atoms with van der Waals surface area (Å²) in [6.45, 7) is 1.26. The first-order chi connectivity index (χ1) is 10.5. The first-order valence-corrected chi connectivity index (χ1v) is 9.11. The van der Waals surface area contributed by atoms with Gasteiger partial charge in [-0.15, -0.1) is 12.4 Å². The molecule has 6 nitrogen and oxygen atoms in total. The van der Waals surface area contributed by atoms with Crippen molar-refractivity contribution < 1.29 is 13.2 Å². The molecular formula is C15H22ClN3O3S. The van der Waals surface area contributed by atoms with E-state index in [1.54, 1.807) is 17.0 Å². The van der Waals surface area contributed by atoms with Gasteiger partial charge in [0.05, 0.1) is 4.90 Å². The van der Waals surface area contributed by atoms with Crippen LogP contribution in [0.2, 0.25) is 0 Å². The lowest BCUT2D eigenvalue weighted by Gasteiger charge is -2.30. The summed E-state index contributed by atoms with van der Waals surface area (Å²) < 4.78 is 26.8. The lowest BCUT2D eigenvalue weighted by molar-refractivity contribution is 0.0708. The van der Waals surface area contributed by atoms with Crippen LogP contribution in [0.1, 0.15) is 36.0 Å². The topological polar surface area (TPSA) is 92.5 Å². The van der Waals surface area contributed by atoms with Crippen molar-refractivity contribution >= 4 is 28.3 Å². The van der Waals surface area contributed by atoms with Crippen LogP contribution >= 0.6 is 12.4 Å². The number of carbonyl (C=O) groups is 1. The smallest absolute Gasteiger partial charge is 0.253 e. The first kappa shape index (κ1) is 18.2. The van der Waals surface area contributed by atoms with Crippen molar-refractivity contribution in [2.45, 2.75) is 42.7 Å². The zero-order chi connectivity index (χ0) is 15.7. The van der Waals surface area contributed by atoms with Crippen molar-refractivity contribution in [2.75, 3.05) is 13.1 Å². The number of likely N-dealkylation sites (tertiary alicyclic amines) is 1. The van der Waals surface area contributed by atoms with Gasteiger partial charge in [-0.25, -0.2) is 13.1 Å². The number of hydrogen-bond acceptors (Lipinski definition) is 4. The second-order valence-corrected chi connectivity index (χ2v) is 7.79. The van der Waals surface area contributed by atoms with Gasteiger partial charge in [0.2, 0.25) is 10.0 Å². The number of benzene rings is 1. The number of piperidine rings is 1. The Bertz CT molecular complexity index is 659. The second kappa shape index (κ2) is 7.17. The molecule has 1 heterocycles. The van der Waals surface area contributed by atoms with Crippen LogP contribution in [-0.4, -0.2) is 44.4 Å². The number of carbonyl (C=O) groups excluding carboxylic acids is 1. The number of halogens is 1. The molecule has 0 bridgehead atoms. The molecule has 1 amide bonds. The molecule has 23 heavy (non-hydrogen) atoms. The maximum Gasteiger partial charge on any atom is 0.253 e. The van der Waals surface area contributed by atoms with Crippen LogP contribution in [0.3, 0.4) is 0 Å². The zero-order valence-electron chi connectivity index (χ0n) is 12.8. The number of amides is 1. The Morgan fingerprint density at radius 1 is 1.17 bits per heavy atom. The van der Waals surface area contributed by atoms with Gasteiger partial charge in [0.25, 0.3) is 5.91 Å². The average Bonchev–Trinajstić information content (AvgIpc) is 3.30. The third kappa shape index (κ3) is 4.44. The average molecular weight is 360 g/mol. The largest absolute Gasteiger partial charge is 0.337 e. The number of sulfonamides is 1. The molecular weight excluding hydrogens is 338 g/mol. The predicted molar refractivity (Wildman–Crippen MR) is 90.1 cm³/mol. The van der Waals surface area contributed by atoms with E-state index < -0.39 is 10.0 Å². The molecule has 1 atom stereocenters. The van der Waals surface area contributed by atoms with E-state index in [1.165, 1.54) is 12.1 Å². The van der Waals surface area contributed by atoms with Gasteiger partial charge in [0.1, 0.15) is 0 Å². The van der Waals surface area contributed by atoms with Crippen LogP contribution in [-0.2, 0) is 10.0 Å². The van der Waals surface area contributed by atoms with E-state index in [9.17, 15) is 13.2 Å². The highest BCUT2D eigenvalue weighted by molar-refractivity contribution is 7.89. The van der Waals surface area contributed by atoms with E-state index in [1.807, 2.05) is 0 Å². The van der Waals surface area contributed by atoms with Crippen molar-refractivity contribution in [3.8, 4) is 0 Å². The monoisotopic (exact) mass is 359 g/mol. The van der Waals surface area contributed by atoms with Crippen molar-refractivity contribution in [2.24, 2.45) is 5.73 Å². The van der Waals surface area contributed by atoms with Gasteiger partial charge in [-0.05, 0) is 49.9 Å². The Balaban J connectivity index is 0.00000192. The molecule has 1 aliphatic heterocycles. The molecule has 1 aromatic carbocycles. The normalized spacial score (nSPS) is 21.6. The molecule has 1 aromatic rings. The fourth-order valence-electron chi connectivity index (χ4n) is 2.64. The molecule has 1 saturated carbocycles. The highest BCUT2D eigenvalue weighted by Gasteiger charge is 2.28. The minimum atomic E-state index is -3.47. The van der Waals surface area contributed by atoms with Crippen molar-refractivity contribution in [1.82, 2.24) is 9.62 Å². The summed E-state index contributed by atoms with van der Waals surface area (Å²) in [6, 6.07) is 6.22. The highest BCUT2D eigenvalue weighted by atomic mass is 35.5. The maximum absolute atomic E-state index is 12.4.